The van der Waals surface area contributed by atoms with Crippen LogP contribution in [0.3, 0.4) is 0 Å². The maximum atomic E-state index is 6.19. The number of nitrogens with one attached hydrogen (secondary N) is 1. The lowest BCUT2D eigenvalue weighted by molar-refractivity contribution is 0.190. The number of hydrogen-bond donors (Lipinski definition) is 1. The molecule has 2 aliphatic rings. The predicted octanol–water partition coefficient (Wildman–Crippen LogP) is 3.89. The summed E-state index contributed by atoms with van der Waals surface area (Å²) in [6.07, 6.45) is 5.80. The second-order valence-corrected chi connectivity index (χ2v) is 12.5. The van der Waals surface area contributed by atoms with Gasteiger partial charge in [-0.05, 0) is 55.9 Å². The lowest BCUT2D eigenvalue weighted by atomic mass is 9.80. The number of rotatable bonds is 3. The molecule has 0 saturated carbocycles. The van der Waals surface area contributed by atoms with E-state index in [1.165, 1.54) is 27.6 Å². The van der Waals surface area contributed by atoms with Gasteiger partial charge in [-0.1, -0.05) is 18.2 Å². The van der Waals surface area contributed by atoms with Gasteiger partial charge in [0.2, 0.25) is 0 Å². The van der Waals surface area contributed by atoms with E-state index in [1.807, 2.05) is 0 Å². The summed E-state index contributed by atoms with van der Waals surface area (Å²) in [5.74, 6) is 0.494. The van der Waals surface area contributed by atoms with Crippen molar-refractivity contribution in [2.75, 3.05) is 20.2 Å². The van der Waals surface area contributed by atoms with E-state index >= 15 is 0 Å². The molecule has 122 valence electrons. The molecule has 1 aliphatic carbocycles. The maximum Gasteiger partial charge on any atom is 0.183 e. The zero-order chi connectivity index (χ0) is 16.2. The van der Waals surface area contributed by atoms with Gasteiger partial charge in [-0.3, -0.25) is 4.90 Å². The smallest absolute Gasteiger partial charge is 0.183 e. The maximum absolute atomic E-state index is 6.19. The average molecular weight is 327 g/mol. The largest absolute Gasteiger partial charge is 0.417 e. The predicted molar refractivity (Wildman–Crippen MR) is 99.2 cm³/mol. The van der Waals surface area contributed by atoms with Crippen molar-refractivity contribution in [1.82, 2.24) is 9.88 Å². The highest BCUT2D eigenvalue weighted by Crippen LogP contribution is 2.40. The van der Waals surface area contributed by atoms with Crippen LogP contribution in [0.2, 0.25) is 19.6 Å². The summed E-state index contributed by atoms with van der Waals surface area (Å²) < 4.78 is 6.19. The van der Waals surface area contributed by atoms with Gasteiger partial charge in [-0.25, -0.2) is 0 Å². The lowest BCUT2D eigenvalue weighted by Gasteiger charge is -2.40. The number of likely N-dealkylation sites (N-methyl/N-ethyl adjacent to an activating group) is 1. The summed E-state index contributed by atoms with van der Waals surface area (Å²) in [4.78, 5) is 5.95. The summed E-state index contributed by atoms with van der Waals surface area (Å²) in [5.41, 5.74) is 5.64. The fourth-order valence-corrected chi connectivity index (χ4v) is 4.72. The Hall–Kier alpha value is -1.36. The van der Waals surface area contributed by atoms with Crippen LogP contribution in [-0.4, -0.2) is 44.4 Å². The molecule has 1 unspecified atom stereocenters. The van der Waals surface area contributed by atoms with Gasteiger partial charge in [0, 0.05) is 42.2 Å². The van der Waals surface area contributed by atoms with Gasteiger partial charge in [-0.2, -0.15) is 0 Å². The third kappa shape index (κ3) is 2.69. The minimum Gasteiger partial charge on any atom is -0.417 e. The highest BCUT2D eigenvalue weighted by molar-refractivity contribution is 6.69. The number of aromatic nitrogens is 1. The van der Waals surface area contributed by atoms with E-state index < -0.39 is 8.32 Å². The molecule has 1 aromatic heterocycles. The molecule has 1 N–H and O–H groups in total. The Morgan fingerprint density at radius 2 is 2.13 bits per heavy atom. The first kappa shape index (κ1) is 15.2. The van der Waals surface area contributed by atoms with Crippen LogP contribution in [0.15, 0.2) is 30.5 Å². The molecule has 0 saturated heterocycles. The van der Waals surface area contributed by atoms with Crippen molar-refractivity contribution in [2.45, 2.75) is 32.1 Å². The third-order valence-corrected chi connectivity index (χ3v) is 6.10. The van der Waals surface area contributed by atoms with Crippen molar-refractivity contribution in [3.8, 4) is 0 Å². The first-order valence-electron chi connectivity index (χ1n) is 8.57. The van der Waals surface area contributed by atoms with Crippen molar-refractivity contribution in [3.05, 3.63) is 41.6 Å². The van der Waals surface area contributed by atoms with E-state index in [0.29, 0.717) is 12.0 Å². The van der Waals surface area contributed by atoms with E-state index in [0.717, 1.165) is 19.6 Å². The number of fused-ring (bicyclic) bond motifs is 2. The van der Waals surface area contributed by atoms with Crippen LogP contribution in [0, 0.1) is 5.92 Å². The van der Waals surface area contributed by atoms with Crippen LogP contribution < -0.4 is 0 Å². The van der Waals surface area contributed by atoms with Crippen LogP contribution in [0.5, 0.6) is 0 Å². The number of benzene rings is 1. The Balaban J connectivity index is 1.73. The van der Waals surface area contributed by atoms with Crippen LogP contribution in [-0.2, 0) is 10.8 Å². The van der Waals surface area contributed by atoms with Crippen molar-refractivity contribution < 1.29 is 4.43 Å². The molecule has 0 fully saturated rings. The fraction of sp³-hybridized carbons (Fsp3) is 0.474. The minimum absolute atomic E-state index is 0.494. The zero-order valence-corrected chi connectivity index (χ0v) is 15.5. The molecule has 1 aliphatic heterocycles. The molecule has 2 aromatic rings. The summed E-state index contributed by atoms with van der Waals surface area (Å²) in [7, 11) is 0.806. The van der Waals surface area contributed by atoms with Crippen LogP contribution in [0.1, 0.15) is 11.1 Å². The molecule has 23 heavy (non-hydrogen) atoms. The molecular weight excluding hydrogens is 300 g/mol. The number of H-pyrrole nitrogens is 1. The molecule has 0 bridgehead atoms. The lowest BCUT2D eigenvalue weighted by Crippen LogP contribution is -2.44. The van der Waals surface area contributed by atoms with Crippen LogP contribution in [0.25, 0.3) is 16.5 Å². The first-order valence-corrected chi connectivity index (χ1v) is 12.0. The molecule has 3 nitrogen and oxygen atoms in total. The highest BCUT2D eigenvalue weighted by Gasteiger charge is 2.33. The Labute approximate surface area is 139 Å². The summed E-state index contributed by atoms with van der Waals surface area (Å²) >= 11 is 0. The summed E-state index contributed by atoms with van der Waals surface area (Å²) in [5, 5.41) is 1.43. The molecule has 4 rings (SSSR count). The molecule has 0 spiro atoms. The summed E-state index contributed by atoms with van der Waals surface area (Å²) in [6, 6.07) is 7.14. The monoisotopic (exact) mass is 326 g/mol. The van der Waals surface area contributed by atoms with Gasteiger partial charge in [0.15, 0.2) is 8.32 Å². The van der Waals surface area contributed by atoms with Crippen LogP contribution >= 0.6 is 0 Å². The van der Waals surface area contributed by atoms with Crippen molar-refractivity contribution in [2.24, 2.45) is 5.92 Å². The van der Waals surface area contributed by atoms with E-state index in [9.17, 15) is 0 Å². The quantitative estimate of drug-likeness (QED) is 0.867. The van der Waals surface area contributed by atoms with Gasteiger partial charge in [0.05, 0.1) is 0 Å². The molecule has 0 amide bonds. The van der Waals surface area contributed by atoms with Crippen molar-refractivity contribution in [3.63, 3.8) is 0 Å². The minimum atomic E-state index is -1.46. The van der Waals surface area contributed by atoms with Gasteiger partial charge in [0.1, 0.15) is 0 Å². The van der Waals surface area contributed by atoms with Gasteiger partial charge in [0.25, 0.3) is 0 Å². The molecule has 4 heteroatoms. The second-order valence-electron chi connectivity index (χ2n) is 8.01. The van der Waals surface area contributed by atoms with Gasteiger partial charge >= 0.3 is 0 Å². The zero-order valence-electron chi connectivity index (χ0n) is 14.5. The van der Waals surface area contributed by atoms with E-state index in [2.05, 4.69) is 67.0 Å². The number of aromatic amines is 1. The second kappa shape index (κ2) is 5.33. The SMILES string of the molecule is CN1CC(CO[Si](C)(C)C)C=C2c3cccc4[nH]cc(c34)C[C@H]21. The molecular formula is C19H26N2OSi. The average Bonchev–Trinajstić information content (AvgIpc) is 2.90. The molecule has 2 atom stereocenters. The standard InChI is InChI=1S/C19H26N2OSi/c1-21-11-13(12-22-23(2,3)4)8-16-15-6-5-7-17-19(15)14(10-20-17)9-18(16)21/h5-8,10,13,18,20H,9,11-12H2,1-4H3/t13?,18-/m1/s1. The topological polar surface area (TPSA) is 28.3 Å². The molecule has 2 heterocycles. The molecule has 0 radical (unpaired) electrons. The van der Waals surface area contributed by atoms with Crippen LogP contribution in [0.4, 0.5) is 0 Å². The Kier molecular flexibility index (Phi) is 3.52. The van der Waals surface area contributed by atoms with E-state index in [-0.39, 0.29) is 0 Å². The Bertz CT molecular complexity index is 771. The Morgan fingerprint density at radius 1 is 1.30 bits per heavy atom. The third-order valence-electron chi connectivity index (χ3n) is 5.07. The van der Waals surface area contributed by atoms with Crippen molar-refractivity contribution in [1.29, 1.82) is 0 Å². The number of hydrogen-bond acceptors (Lipinski definition) is 2. The van der Waals surface area contributed by atoms with Crippen molar-refractivity contribution >= 4 is 24.8 Å². The summed E-state index contributed by atoms with van der Waals surface area (Å²) in [6.45, 7) is 8.75. The normalized spacial score (nSPS) is 24.6. The number of nitrogens with zero attached hydrogens (tertiary/aromatic N) is 1. The Morgan fingerprint density at radius 3 is 2.91 bits per heavy atom. The first-order chi connectivity index (χ1) is 10.9. The van der Waals surface area contributed by atoms with E-state index in [4.69, 9.17) is 4.43 Å². The molecule has 1 aromatic carbocycles. The highest BCUT2D eigenvalue weighted by atomic mass is 28.4. The van der Waals surface area contributed by atoms with E-state index in [1.54, 1.807) is 0 Å². The van der Waals surface area contributed by atoms with Gasteiger partial charge < -0.3 is 9.41 Å². The fourth-order valence-electron chi connectivity index (χ4n) is 4.01. The van der Waals surface area contributed by atoms with Gasteiger partial charge in [-0.15, -0.1) is 0 Å².